The van der Waals surface area contributed by atoms with E-state index < -0.39 is 5.79 Å². The van der Waals surface area contributed by atoms with Gasteiger partial charge in [-0.05, 0) is 19.8 Å². The molecule has 0 aromatic rings. The summed E-state index contributed by atoms with van der Waals surface area (Å²) in [6, 6.07) is 0. The lowest BCUT2D eigenvalue weighted by molar-refractivity contribution is -0.139. The van der Waals surface area contributed by atoms with Gasteiger partial charge in [0.1, 0.15) is 6.10 Å². The third-order valence-electron chi connectivity index (χ3n) is 2.19. The smallest absolute Gasteiger partial charge is 0.220 e. The minimum absolute atomic E-state index is 0.0175. The molecule has 0 bridgehead atoms. The monoisotopic (exact) mass is 215 g/mol. The average Bonchev–Trinajstić information content (AvgIpc) is 2.41. The summed E-state index contributed by atoms with van der Waals surface area (Å²) in [6.45, 7) is 8.89. The lowest BCUT2D eigenvalue weighted by Crippen LogP contribution is -2.34. The number of hydrogen-bond donors (Lipinski definition) is 1. The summed E-state index contributed by atoms with van der Waals surface area (Å²) in [6.07, 6.45) is 0.549. The molecule has 4 heteroatoms. The van der Waals surface area contributed by atoms with Gasteiger partial charge in [0.05, 0.1) is 6.61 Å². The topological polar surface area (TPSA) is 47.6 Å². The maximum atomic E-state index is 11.4. The molecule has 1 saturated heterocycles. The minimum atomic E-state index is -0.507. The molecule has 0 aromatic carbocycles. The molecule has 0 spiro atoms. The Labute approximate surface area is 91.3 Å². The van der Waals surface area contributed by atoms with Crippen LogP contribution in [0.25, 0.3) is 0 Å². The molecule has 4 nitrogen and oxygen atoms in total. The van der Waals surface area contributed by atoms with Gasteiger partial charge in [0.15, 0.2) is 5.79 Å². The van der Waals surface area contributed by atoms with Gasteiger partial charge in [-0.2, -0.15) is 0 Å². The van der Waals surface area contributed by atoms with Gasteiger partial charge in [-0.1, -0.05) is 13.8 Å². The van der Waals surface area contributed by atoms with Crippen LogP contribution in [0, 0.1) is 5.92 Å². The highest BCUT2D eigenvalue weighted by Crippen LogP contribution is 2.21. The van der Waals surface area contributed by atoms with Crippen LogP contribution < -0.4 is 5.32 Å². The average molecular weight is 215 g/mol. The van der Waals surface area contributed by atoms with Gasteiger partial charge >= 0.3 is 0 Å². The van der Waals surface area contributed by atoms with Crippen molar-refractivity contribution >= 4 is 5.91 Å². The largest absolute Gasteiger partial charge is 0.353 e. The number of ether oxygens (including phenoxy) is 2. The summed E-state index contributed by atoms with van der Waals surface area (Å²) in [5.74, 6) is -0.0338. The number of carbonyl (C=O) groups is 1. The van der Waals surface area contributed by atoms with Crippen LogP contribution in [0.15, 0.2) is 0 Å². The second kappa shape index (κ2) is 4.94. The minimum Gasteiger partial charge on any atom is -0.353 e. The molecule has 0 saturated carbocycles. The Bertz CT molecular complexity index is 226. The van der Waals surface area contributed by atoms with Crippen molar-refractivity contribution in [2.45, 2.75) is 46.0 Å². The number of nitrogens with one attached hydrogen (secondary N) is 1. The van der Waals surface area contributed by atoms with Crippen LogP contribution in [0.5, 0.6) is 0 Å². The molecule has 1 fully saturated rings. The summed E-state index contributed by atoms with van der Waals surface area (Å²) in [4.78, 5) is 11.4. The van der Waals surface area contributed by atoms with E-state index in [2.05, 4.69) is 5.32 Å². The zero-order chi connectivity index (χ0) is 11.5. The van der Waals surface area contributed by atoms with Crippen LogP contribution in [0.4, 0.5) is 0 Å². The third-order valence-corrected chi connectivity index (χ3v) is 2.19. The second-order valence-electron chi connectivity index (χ2n) is 4.85. The zero-order valence-corrected chi connectivity index (χ0v) is 10.0. The van der Waals surface area contributed by atoms with E-state index in [0.29, 0.717) is 25.5 Å². The molecule has 0 radical (unpaired) electrons. The molecule has 1 aliphatic heterocycles. The van der Waals surface area contributed by atoms with Gasteiger partial charge in [-0.15, -0.1) is 0 Å². The molecule has 1 aliphatic rings. The van der Waals surface area contributed by atoms with Gasteiger partial charge in [-0.3, -0.25) is 4.79 Å². The first kappa shape index (κ1) is 12.5. The summed E-state index contributed by atoms with van der Waals surface area (Å²) < 4.78 is 11.0. The fourth-order valence-electron chi connectivity index (χ4n) is 1.53. The first-order valence-corrected chi connectivity index (χ1v) is 5.47. The highest BCUT2D eigenvalue weighted by Gasteiger charge is 2.32. The van der Waals surface area contributed by atoms with Gasteiger partial charge in [-0.25, -0.2) is 0 Å². The van der Waals surface area contributed by atoms with E-state index >= 15 is 0 Å². The Hall–Kier alpha value is -0.610. The highest BCUT2D eigenvalue weighted by molar-refractivity contribution is 5.76. The molecule has 1 rings (SSSR count). The predicted octanol–water partition coefficient (Wildman–Crippen LogP) is 1.30. The molecule has 0 aromatic heterocycles. The molecular weight excluding hydrogens is 194 g/mol. The number of carbonyl (C=O) groups excluding carboxylic acids is 1. The molecule has 15 heavy (non-hydrogen) atoms. The van der Waals surface area contributed by atoms with Crippen molar-refractivity contribution in [1.82, 2.24) is 5.32 Å². The first-order chi connectivity index (χ1) is 6.89. The third kappa shape index (κ3) is 4.62. The number of rotatable bonds is 4. The molecule has 1 heterocycles. The van der Waals surface area contributed by atoms with E-state index in [1.165, 1.54) is 0 Å². The van der Waals surface area contributed by atoms with Crippen molar-refractivity contribution in [1.29, 1.82) is 0 Å². The van der Waals surface area contributed by atoms with Crippen LogP contribution in [0.3, 0.4) is 0 Å². The lowest BCUT2D eigenvalue weighted by atomic mass is 10.1. The van der Waals surface area contributed by atoms with Gasteiger partial charge in [0.2, 0.25) is 5.91 Å². The molecule has 1 amide bonds. The van der Waals surface area contributed by atoms with Crippen molar-refractivity contribution < 1.29 is 14.3 Å². The van der Waals surface area contributed by atoms with Crippen molar-refractivity contribution in [3.05, 3.63) is 0 Å². The lowest BCUT2D eigenvalue weighted by Gasteiger charge is -2.17. The van der Waals surface area contributed by atoms with E-state index in [4.69, 9.17) is 9.47 Å². The van der Waals surface area contributed by atoms with E-state index in [1.807, 2.05) is 27.7 Å². The summed E-state index contributed by atoms with van der Waals surface area (Å²) >= 11 is 0. The Morgan fingerprint density at radius 1 is 1.53 bits per heavy atom. The fourth-order valence-corrected chi connectivity index (χ4v) is 1.53. The van der Waals surface area contributed by atoms with Crippen LogP contribution in [-0.2, 0) is 14.3 Å². The first-order valence-electron chi connectivity index (χ1n) is 5.47. The Morgan fingerprint density at radius 2 is 2.20 bits per heavy atom. The van der Waals surface area contributed by atoms with E-state index in [0.717, 1.165) is 0 Å². The molecule has 0 aliphatic carbocycles. The second-order valence-corrected chi connectivity index (χ2v) is 4.85. The fraction of sp³-hybridized carbons (Fsp3) is 0.909. The molecule has 1 unspecified atom stereocenters. The van der Waals surface area contributed by atoms with Crippen molar-refractivity contribution in [3.8, 4) is 0 Å². The molecule has 88 valence electrons. The van der Waals surface area contributed by atoms with E-state index in [-0.39, 0.29) is 12.0 Å². The van der Waals surface area contributed by atoms with Gasteiger partial charge < -0.3 is 14.8 Å². The Morgan fingerprint density at radius 3 is 2.67 bits per heavy atom. The standard InChI is InChI=1S/C11H21NO3/c1-8(2)5-10(13)12-6-9-7-14-11(3,4)15-9/h8-9H,5-7H2,1-4H3,(H,12,13). The van der Waals surface area contributed by atoms with Crippen molar-refractivity contribution in [3.63, 3.8) is 0 Å². The predicted molar refractivity (Wildman–Crippen MR) is 57.4 cm³/mol. The van der Waals surface area contributed by atoms with Crippen molar-refractivity contribution in [2.24, 2.45) is 5.92 Å². The van der Waals surface area contributed by atoms with Crippen molar-refractivity contribution in [2.75, 3.05) is 13.2 Å². The quantitative estimate of drug-likeness (QED) is 0.769. The maximum Gasteiger partial charge on any atom is 0.220 e. The Balaban J connectivity index is 2.18. The Kier molecular flexibility index (Phi) is 4.11. The summed E-state index contributed by atoms with van der Waals surface area (Å²) in [7, 11) is 0. The molecule has 1 N–H and O–H groups in total. The summed E-state index contributed by atoms with van der Waals surface area (Å²) in [5.41, 5.74) is 0. The number of hydrogen-bond acceptors (Lipinski definition) is 3. The normalized spacial score (nSPS) is 24.5. The van der Waals surface area contributed by atoms with Crippen LogP contribution in [0.2, 0.25) is 0 Å². The van der Waals surface area contributed by atoms with Gasteiger partial charge in [0, 0.05) is 13.0 Å². The molecular formula is C11H21NO3. The van der Waals surface area contributed by atoms with Crippen LogP contribution in [-0.4, -0.2) is 30.9 Å². The van der Waals surface area contributed by atoms with E-state index in [9.17, 15) is 4.79 Å². The summed E-state index contributed by atoms with van der Waals surface area (Å²) in [5, 5.41) is 2.85. The zero-order valence-electron chi connectivity index (χ0n) is 10.0. The maximum absolute atomic E-state index is 11.4. The molecule has 1 atom stereocenters. The van der Waals surface area contributed by atoms with E-state index in [1.54, 1.807) is 0 Å². The van der Waals surface area contributed by atoms with Crippen LogP contribution >= 0.6 is 0 Å². The SMILES string of the molecule is CC(C)CC(=O)NCC1COC(C)(C)O1. The van der Waals surface area contributed by atoms with Gasteiger partial charge in [0.25, 0.3) is 0 Å². The van der Waals surface area contributed by atoms with Crippen LogP contribution in [0.1, 0.15) is 34.1 Å². The highest BCUT2D eigenvalue weighted by atomic mass is 16.7. The number of amides is 1.